The van der Waals surface area contributed by atoms with Crippen molar-refractivity contribution in [2.24, 2.45) is 0 Å². The van der Waals surface area contributed by atoms with Gasteiger partial charge in [-0.15, -0.1) is 0 Å². The fourth-order valence-electron chi connectivity index (χ4n) is 5.25. The van der Waals surface area contributed by atoms with Gasteiger partial charge in [0.15, 0.2) is 0 Å². The van der Waals surface area contributed by atoms with Gasteiger partial charge in [0.2, 0.25) is 0 Å². The Morgan fingerprint density at radius 2 is 1.76 bits per heavy atom. The van der Waals surface area contributed by atoms with Gasteiger partial charge in [-0.1, -0.05) is 58.7 Å². The summed E-state index contributed by atoms with van der Waals surface area (Å²) in [5, 5.41) is 17.2. The molecule has 1 saturated carbocycles. The number of fused-ring (bicyclic) bond motifs is 1. The summed E-state index contributed by atoms with van der Waals surface area (Å²) in [7, 11) is 0. The molecular formula is C27H36N4O2. The number of hydrogen-bond acceptors (Lipinski definition) is 3. The van der Waals surface area contributed by atoms with Gasteiger partial charge in [-0.3, -0.25) is 0 Å². The molecule has 2 heterocycles. The fourth-order valence-corrected chi connectivity index (χ4v) is 5.25. The molecule has 1 aliphatic carbocycles. The highest BCUT2D eigenvalue weighted by molar-refractivity contribution is 5.91. The lowest BCUT2D eigenvalue weighted by atomic mass is 9.92. The minimum Gasteiger partial charge on any atom is -0.392 e. The van der Waals surface area contributed by atoms with Gasteiger partial charge in [0.1, 0.15) is 5.65 Å². The van der Waals surface area contributed by atoms with Crippen LogP contribution in [0.4, 0.5) is 10.5 Å². The third-order valence-corrected chi connectivity index (χ3v) is 7.05. The zero-order valence-corrected chi connectivity index (χ0v) is 20.2. The van der Waals surface area contributed by atoms with Crippen LogP contribution in [0.25, 0.3) is 11.0 Å². The third-order valence-electron chi connectivity index (χ3n) is 7.05. The first-order chi connectivity index (χ1) is 15.9. The molecule has 1 fully saturated rings. The van der Waals surface area contributed by atoms with Crippen LogP contribution >= 0.6 is 0 Å². The Morgan fingerprint density at radius 1 is 1.09 bits per heavy atom. The molecule has 0 saturated heterocycles. The summed E-state index contributed by atoms with van der Waals surface area (Å²) >= 11 is 0. The summed E-state index contributed by atoms with van der Waals surface area (Å²) in [5.74, 6) is 0.629. The summed E-state index contributed by atoms with van der Waals surface area (Å²) in [5.41, 5.74) is 4.74. The molecule has 1 aliphatic rings. The molecule has 1 aromatic carbocycles. The number of aliphatic hydroxyl groups excluding tert-OH is 1. The molecule has 0 bridgehead atoms. The molecule has 0 spiro atoms. The maximum Gasteiger partial charge on any atom is 0.319 e. The molecule has 2 amide bonds. The predicted molar refractivity (Wildman–Crippen MR) is 134 cm³/mol. The lowest BCUT2D eigenvalue weighted by Crippen LogP contribution is -2.44. The van der Waals surface area contributed by atoms with E-state index in [9.17, 15) is 9.90 Å². The van der Waals surface area contributed by atoms with Gasteiger partial charge in [0, 0.05) is 35.6 Å². The van der Waals surface area contributed by atoms with Gasteiger partial charge in [-0.05, 0) is 47.9 Å². The van der Waals surface area contributed by atoms with E-state index >= 15 is 0 Å². The van der Waals surface area contributed by atoms with Crippen molar-refractivity contribution in [3.05, 3.63) is 59.4 Å². The molecule has 2 aromatic heterocycles. The SMILES string of the molecule is CC(C)c1cccc(C(C)C)c1NC(=O)NCC1(n2cc(CO)c3cccnc32)CCCC1. The van der Waals surface area contributed by atoms with E-state index in [-0.39, 0.29) is 18.2 Å². The Bertz CT molecular complexity index is 1100. The van der Waals surface area contributed by atoms with E-state index in [0.29, 0.717) is 18.4 Å². The molecule has 4 rings (SSSR count). The summed E-state index contributed by atoms with van der Waals surface area (Å²) in [6, 6.07) is 9.99. The van der Waals surface area contributed by atoms with E-state index in [2.05, 4.69) is 66.1 Å². The Morgan fingerprint density at radius 3 is 2.36 bits per heavy atom. The standard InChI is InChI=1S/C27H36N4O2/c1-18(2)21-9-7-10-22(19(3)4)24(21)30-26(33)29-17-27(12-5-6-13-27)31-15-20(16-32)23-11-8-14-28-25(23)31/h7-11,14-15,18-19,32H,5-6,12-13,16-17H2,1-4H3,(H2,29,30,33). The van der Waals surface area contributed by atoms with Crippen LogP contribution in [0, 0.1) is 0 Å². The number of urea groups is 1. The van der Waals surface area contributed by atoms with E-state index in [1.807, 2.05) is 18.3 Å². The summed E-state index contributed by atoms with van der Waals surface area (Å²) in [4.78, 5) is 17.7. The number of aromatic nitrogens is 2. The van der Waals surface area contributed by atoms with Crippen LogP contribution < -0.4 is 10.6 Å². The van der Waals surface area contributed by atoms with Crippen molar-refractivity contribution in [2.75, 3.05) is 11.9 Å². The lowest BCUT2D eigenvalue weighted by Gasteiger charge is -2.32. The first-order valence-electron chi connectivity index (χ1n) is 12.1. The summed E-state index contributed by atoms with van der Waals surface area (Å²) < 4.78 is 2.20. The highest BCUT2D eigenvalue weighted by Crippen LogP contribution is 2.39. The van der Waals surface area contributed by atoms with Gasteiger partial charge in [-0.2, -0.15) is 0 Å². The monoisotopic (exact) mass is 448 g/mol. The van der Waals surface area contributed by atoms with Crippen molar-refractivity contribution in [1.29, 1.82) is 0 Å². The second kappa shape index (κ2) is 9.56. The number of carbonyl (C=O) groups is 1. The Hall–Kier alpha value is -2.86. The van der Waals surface area contributed by atoms with Gasteiger partial charge in [-0.25, -0.2) is 9.78 Å². The van der Waals surface area contributed by atoms with Crippen molar-refractivity contribution in [2.45, 2.75) is 77.4 Å². The molecule has 0 atom stereocenters. The number of pyridine rings is 1. The second-order valence-electron chi connectivity index (χ2n) is 9.92. The highest BCUT2D eigenvalue weighted by atomic mass is 16.3. The number of amides is 2. The van der Waals surface area contributed by atoms with Crippen molar-refractivity contribution in [3.63, 3.8) is 0 Å². The van der Waals surface area contributed by atoms with Crippen molar-refractivity contribution < 1.29 is 9.90 Å². The number of rotatable bonds is 7. The maximum atomic E-state index is 13.1. The molecule has 0 radical (unpaired) electrons. The quantitative estimate of drug-likeness (QED) is 0.423. The molecule has 176 valence electrons. The molecule has 3 aromatic rings. The largest absolute Gasteiger partial charge is 0.392 e. The van der Waals surface area contributed by atoms with Crippen molar-refractivity contribution in [1.82, 2.24) is 14.9 Å². The Kier molecular flexibility index (Phi) is 6.75. The minimum atomic E-state index is -0.240. The number of nitrogens with one attached hydrogen (secondary N) is 2. The minimum absolute atomic E-state index is 0.0246. The van der Waals surface area contributed by atoms with E-state index < -0.39 is 0 Å². The highest BCUT2D eigenvalue weighted by Gasteiger charge is 2.37. The van der Waals surface area contributed by atoms with Crippen LogP contribution in [0.2, 0.25) is 0 Å². The molecule has 6 heteroatoms. The third kappa shape index (κ3) is 4.49. The Balaban J connectivity index is 1.59. The molecule has 33 heavy (non-hydrogen) atoms. The number of anilines is 1. The number of aliphatic hydroxyl groups is 1. The normalized spacial score (nSPS) is 15.5. The predicted octanol–water partition coefficient (Wildman–Crippen LogP) is 5.87. The zero-order chi connectivity index (χ0) is 23.6. The van der Waals surface area contributed by atoms with Crippen LogP contribution in [0.1, 0.15) is 81.9 Å². The van der Waals surface area contributed by atoms with Crippen molar-refractivity contribution >= 4 is 22.8 Å². The lowest BCUT2D eigenvalue weighted by molar-refractivity contribution is 0.238. The topological polar surface area (TPSA) is 79.2 Å². The first kappa shape index (κ1) is 23.3. The zero-order valence-electron chi connectivity index (χ0n) is 20.2. The van der Waals surface area contributed by atoms with Crippen LogP contribution in [0.5, 0.6) is 0 Å². The van der Waals surface area contributed by atoms with Gasteiger partial charge >= 0.3 is 6.03 Å². The van der Waals surface area contributed by atoms with Crippen LogP contribution in [-0.2, 0) is 12.1 Å². The summed E-state index contributed by atoms with van der Waals surface area (Å²) in [6.45, 7) is 9.10. The maximum absolute atomic E-state index is 13.1. The molecule has 0 unspecified atom stereocenters. The van der Waals surface area contributed by atoms with Crippen LogP contribution in [0.3, 0.4) is 0 Å². The second-order valence-corrected chi connectivity index (χ2v) is 9.92. The number of nitrogens with zero attached hydrogens (tertiary/aromatic N) is 2. The molecule has 0 aliphatic heterocycles. The summed E-state index contributed by atoms with van der Waals surface area (Å²) in [6.07, 6.45) is 7.97. The van der Waals surface area contributed by atoms with E-state index in [0.717, 1.165) is 59.1 Å². The van der Waals surface area contributed by atoms with E-state index in [4.69, 9.17) is 0 Å². The number of hydrogen-bond donors (Lipinski definition) is 3. The van der Waals surface area contributed by atoms with Gasteiger partial charge in [0.25, 0.3) is 0 Å². The van der Waals surface area contributed by atoms with E-state index in [1.165, 1.54) is 0 Å². The Labute approximate surface area is 196 Å². The van der Waals surface area contributed by atoms with E-state index in [1.54, 1.807) is 6.20 Å². The molecule has 3 N–H and O–H groups in total. The average molecular weight is 449 g/mol. The number of benzene rings is 1. The fraction of sp³-hybridized carbons (Fsp3) is 0.481. The van der Waals surface area contributed by atoms with Gasteiger partial charge in [0.05, 0.1) is 12.1 Å². The van der Waals surface area contributed by atoms with Gasteiger partial charge < -0.3 is 20.3 Å². The smallest absolute Gasteiger partial charge is 0.319 e. The van der Waals surface area contributed by atoms with Crippen molar-refractivity contribution in [3.8, 4) is 0 Å². The number of para-hydroxylation sites is 1. The number of carbonyl (C=O) groups excluding carboxylic acids is 1. The molecular weight excluding hydrogens is 412 g/mol. The van der Waals surface area contributed by atoms with Crippen LogP contribution in [0.15, 0.2) is 42.7 Å². The molecule has 6 nitrogen and oxygen atoms in total. The van der Waals surface area contributed by atoms with Crippen LogP contribution in [-0.4, -0.2) is 27.2 Å². The first-order valence-corrected chi connectivity index (χ1v) is 12.1. The average Bonchev–Trinajstić information content (AvgIpc) is 3.43.